The number of nitrogens with zero attached hydrogens (tertiary/aromatic N) is 2. The van der Waals surface area contributed by atoms with Crippen molar-refractivity contribution in [2.45, 2.75) is 38.8 Å². The highest BCUT2D eigenvalue weighted by Crippen LogP contribution is 2.18. The molecule has 0 aliphatic carbocycles. The van der Waals surface area contributed by atoms with E-state index < -0.39 is 11.6 Å². The quantitative estimate of drug-likeness (QED) is 0.873. The van der Waals surface area contributed by atoms with E-state index in [1.54, 1.807) is 38.1 Å². The van der Waals surface area contributed by atoms with Crippen LogP contribution >= 0.6 is 0 Å². The van der Waals surface area contributed by atoms with Gasteiger partial charge in [0.25, 0.3) is 0 Å². The highest BCUT2D eigenvalue weighted by molar-refractivity contribution is 5.99. The lowest BCUT2D eigenvalue weighted by molar-refractivity contribution is -0.152. The lowest BCUT2D eigenvalue weighted by atomic mass is 9.97. The maximum absolute atomic E-state index is 12.3. The number of pyridine rings is 1. The van der Waals surface area contributed by atoms with E-state index in [2.05, 4.69) is 10.3 Å². The normalized spacial score (nSPS) is 22.3. The summed E-state index contributed by atoms with van der Waals surface area (Å²) < 4.78 is 0. The van der Waals surface area contributed by atoms with E-state index in [1.807, 2.05) is 12.1 Å². The van der Waals surface area contributed by atoms with E-state index in [0.717, 1.165) is 12.0 Å². The second-order valence-corrected chi connectivity index (χ2v) is 5.39. The molecule has 2 amide bonds. The molecular formula is C14H19N3O2. The van der Waals surface area contributed by atoms with Crippen LogP contribution in [0.4, 0.5) is 0 Å². The van der Waals surface area contributed by atoms with Crippen LogP contribution in [0.1, 0.15) is 26.3 Å². The predicted octanol–water partition coefficient (Wildman–Crippen LogP) is 0.750. The second kappa shape index (κ2) is 4.99. The summed E-state index contributed by atoms with van der Waals surface area (Å²) in [4.78, 5) is 29.8. The van der Waals surface area contributed by atoms with Gasteiger partial charge in [0, 0.05) is 18.9 Å². The van der Waals surface area contributed by atoms with Crippen LogP contribution in [0.15, 0.2) is 24.5 Å². The van der Waals surface area contributed by atoms with Crippen molar-refractivity contribution in [1.29, 1.82) is 0 Å². The first-order valence-electron chi connectivity index (χ1n) is 6.44. The third-order valence-corrected chi connectivity index (χ3v) is 3.47. The molecule has 1 saturated heterocycles. The van der Waals surface area contributed by atoms with Crippen LogP contribution in [0.2, 0.25) is 0 Å². The number of hydrogen-bond acceptors (Lipinski definition) is 3. The van der Waals surface area contributed by atoms with Gasteiger partial charge in [-0.15, -0.1) is 0 Å². The molecule has 5 nitrogen and oxygen atoms in total. The van der Waals surface area contributed by atoms with E-state index in [4.69, 9.17) is 0 Å². The fraction of sp³-hybridized carbons (Fsp3) is 0.500. The predicted molar refractivity (Wildman–Crippen MR) is 71.3 cm³/mol. The molecule has 1 fully saturated rings. The van der Waals surface area contributed by atoms with Crippen molar-refractivity contribution in [2.24, 2.45) is 0 Å². The van der Waals surface area contributed by atoms with Crippen LogP contribution in [-0.2, 0) is 16.0 Å². The minimum Gasteiger partial charge on any atom is -0.340 e. The first-order valence-corrected chi connectivity index (χ1v) is 6.44. The molecule has 1 unspecified atom stereocenters. The van der Waals surface area contributed by atoms with Gasteiger partial charge in [-0.2, -0.15) is 0 Å². The van der Waals surface area contributed by atoms with Gasteiger partial charge >= 0.3 is 0 Å². The standard InChI is InChI=1S/C14H19N3O2/c1-10-12(18)16-14(2,3)13(19)17(10)9-6-11-4-7-15-8-5-11/h4-5,7-8,10H,6,9H2,1-3H3,(H,16,18). The van der Waals surface area contributed by atoms with Crippen LogP contribution in [0.3, 0.4) is 0 Å². The van der Waals surface area contributed by atoms with Crippen molar-refractivity contribution in [3.05, 3.63) is 30.1 Å². The molecule has 0 aromatic carbocycles. The molecule has 1 aromatic rings. The summed E-state index contributed by atoms with van der Waals surface area (Å²) in [6, 6.07) is 3.43. The minimum atomic E-state index is -0.818. The Bertz CT molecular complexity index is 485. The molecule has 1 atom stereocenters. The molecule has 1 aromatic heterocycles. The average molecular weight is 261 g/mol. The molecule has 0 saturated carbocycles. The molecule has 5 heteroatoms. The van der Waals surface area contributed by atoms with Gasteiger partial charge in [0.2, 0.25) is 11.8 Å². The molecule has 19 heavy (non-hydrogen) atoms. The fourth-order valence-electron chi connectivity index (χ4n) is 2.24. The van der Waals surface area contributed by atoms with Crippen molar-refractivity contribution in [2.75, 3.05) is 6.54 Å². The van der Waals surface area contributed by atoms with Gasteiger partial charge in [-0.25, -0.2) is 0 Å². The summed E-state index contributed by atoms with van der Waals surface area (Å²) in [7, 11) is 0. The largest absolute Gasteiger partial charge is 0.340 e. The Kier molecular flexibility index (Phi) is 3.55. The van der Waals surface area contributed by atoms with Crippen molar-refractivity contribution in [3.63, 3.8) is 0 Å². The molecule has 0 bridgehead atoms. The molecule has 2 heterocycles. The van der Waals surface area contributed by atoms with Crippen LogP contribution < -0.4 is 5.32 Å². The van der Waals surface area contributed by atoms with Crippen LogP contribution in [0.25, 0.3) is 0 Å². The monoisotopic (exact) mass is 261 g/mol. The Morgan fingerprint density at radius 2 is 1.95 bits per heavy atom. The van der Waals surface area contributed by atoms with Gasteiger partial charge in [-0.05, 0) is 44.9 Å². The summed E-state index contributed by atoms with van der Waals surface area (Å²) in [5, 5.41) is 2.74. The lowest BCUT2D eigenvalue weighted by Gasteiger charge is -2.41. The second-order valence-electron chi connectivity index (χ2n) is 5.39. The van der Waals surface area contributed by atoms with Gasteiger partial charge in [0.1, 0.15) is 11.6 Å². The lowest BCUT2D eigenvalue weighted by Crippen LogP contribution is -2.67. The number of aromatic nitrogens is 1. The van der Waals surface area contributed by atoms with Crippen molar-refractivity contribution < 1.29 is 9.59 Å². The minimum absolute atomic E-state index is 0.0337. The molecule has 1 aliphatic heterocycles. The topological polar surface area (TPSA) is 62.3 Å². The van der Waals surface area contributed by atoms with E-state index in [-0.39, 0.29) is 11.8 Å². The molecule has 0 spiro atoms. The number of amides is 2. The first kappa shape index (κ1) is 13.5. The summed E-state index contributed by atoms with van der Waals surface area (Å²) in [5.41, 5.74) is 0.292. The first-order chi connectivity index (χ1) is 8.92. The van der Waals surface area contributed by atoms with Gasteiger partial charge in [0.15, 0.2) is 0 Å². The average Bonchev–Trinajstić information content (AvgIpc) is 2.37. The van der Waals surface area contributed by atoms with Gasteiger partial charge < -0.3 is 10.2 Å². The molecular weight excluding hydrogens is 242 g/mol. The van der Waals surface area contributed by atoms with E-state index in [1.165, 1.54) is 0 Å². The maximum atomic E-state index is 12.3. The molecule has 0 radical (unpaired) electrons. The third kappa shape index (κ3) is 2.75. The molecule has 1 N–H and O–H groups in total. The number of carbonyl (C=O) groups is 2. The maximum Gasteiger partial charge on any atom is 0.248 e. The zero-order chi connectivity index (χ0) is 14.0. The van der Waals surface area contributed by atoms with Crippen LogP contribution in [0.5, 0.6) is 0 Å². The summed E-state index contributed by atoms with van der Waals surface area (Å²) >= 11 is 0. The van der Waals surface area contributed by atoms with Crippen LogP contribution in [0, 0.1) is 0 Å². The number of carbonyl (C=O) groups excluding carboxylic acids is 2. The van der Waals surface area contributed by atoms with Crippen molar-refractivity contribution >= 4 is 11.8 Å². The smallest absolute Gasteiger partial charge is 0.248 e. The Labute approximate surface area is 113 Å². The zero-order valence-corrected chi connectivity index (χ0v) is 11.5. The molecule has 2 rings (SSSR count). The number of piperazine rings is 1. The van der Waals surface area contributed by atoms with Gasteiger partial charge in [-0.1, -0.05) is 0 Å². The Balaban J connectivity index is 2.09. The number of rotatable bonds is 3. The Hall–Kier alpha value is -1.91. The molecule has 102 valence electrons. The van der Waals surface area contributed by atoms with E-state index >= 15 is 0 Å². The highest BCUT2D eigenvalue weighted by atomic mass is 16.2. The van der Waals surface area contributed by atoms with Gasteiger partial charge in [-0.3, -0.25) is 14.6 Å². The van der Waals surface area contributed by atoms with Crippen molar-refractivity contribution in [1.82, 2.24) is 15.2 Å². The molecule has 1 aliphatic rings. The SMILES string of the molecule is CC1C(=O)NC(C)(C)C(=O)N1CCc1ccncc1. The Morgan fingerprint density at radius 3 is 2.58 bits per heavy atom. The number of hydrogen-bond donors (Lipinski definition) is 1. The van der Waals surface area contributed by atoms with Crippen molar-refractivity contribution in [3.8, 4) is 0 Å². The highest BCUT2D eigenvalue weighted by Gasteiger charge is 2.42. The Morgan fingerprint density at radius 1 is 1.32 bits per heavy atom. The summed E-state index contributed by atoms with van der Waals surface area (Å²) in [5.74, 6) is -0.131. The third-order valence-electron chi connectivity index (χ3n) is 3.47. The van der Waals surface area contributed by atoms with E-state index in [0.29, 0.717) is 6.54 Å². The fourth-order valence-corrected chi connectivity index (χ4v) is 2.24. The number of nitrogens with one attached hydrogen (secondary N) is 1. The summed E-state index contributed by atoms with van der Waals surface area (Å²) in [6.45, 7) is 5.77. The van der Waals surface area contributed by atoms with E-state index in [9.17, 15) is 9.59 Å². The van der Waals surface area contributed by atoms with Crippen LogP contribution in [-0.4, -0.2) is 39.8 Å². The summed E-state index contributed by atoms with van der Waals surface area (Å²) in [6.07, 6.45) is 4.18. The zero-order valence-electron chi connectivity index (χ0n) is 11.5. The van der Waals surface area contributed by atoms with Gasteiger partial charge in [0.05, 0.1) is 0 Å².